The van der Waals surface area contributed by atoms with E-state index in [1.807, 2.05) is 18.2 Å². The highest BCUT2D eigenvalue weighted by Gasteiger charge is 2.30. The zero-order chi connectivity index (χ0) is 20.9. The number of rotatable bonds is 6. The lowest BCUT2D eigenvalue weighted by molar-refractivity contribution is -0.137. The van der Waals surface area contributed by atoms with E-state index in [1.165, 1.54) is 6.07 Å². The summed E-state index contributed by atoms with van der Waals surface area (Å²) < 4.78 is 43.6. The molecule has 4 nitrogen and oxygen atoms in total. The Kier molecular flexibility index (Phi) is 7.03. The van der Waals surface area contributed by atoms with Gasteiger partial charge in [0.1, 0.15) is 16.8 Å². The molecule has 154 valence electrons. The van der Waals surface area contributed by atoms with Crippen LogP contribution >= 0.6 is 23.2 Å². The maximum atomic E-state index is 12.6. The van der Waals surface area contributed by atoms with Crippen LogP contribution in [0.2, 0.25) is 0 Å². The van der Waals surface area contributed by atoms with Crippen molar-refractivity contribution in [2.24, 2.45) is 5.16 Å². The molecule has 0 fully saturated rings. The van der Waals surface area contributed by atoms with E-state index < -0.39 is 11.7 Å². The number of pyridine rings is 1. The quantitative estimate of drug-likeness (QED) is 0.508. The number of aromatic nitrogens is 1. The Morgan fingerprint density at radius 2 is 2.00 bits per heavy atom. The molecule has 0 saturated heterocycles. The van der Waals surface area contributed by atoms with E-state index >= 15 is 0 Å². The third-order valence-corrected chi connectivity index (χ3v) is 4.61. The molecule has 0 aliphatic heterocycles. The van der Waals surface area contributed by atoms with Gasteiger partial charge in [-0.25, -0.2) is 0 Å². The van der Waals surface area contributed by atoms with E-state index in [1.54, 1.807) is 6.08 Å². The van der Waals surface area contributed by atoms with E-state index in [9.17, 15) is 13.2 Å². The molecule has 0 N–H and O–H groups in total. The van der Waals surface area contributed by atoms with Crippen LogP contribution in [-0.4, -0.2) is 17.3 Å². The molecule has 1 aromatic carbocycles. The molecule has 2 aromatic rings. The Labute approximate surface area is 175 Å². The highest BCUT2D eigenvalue weighted by atomic mass is 35.5. The molecule has 29 heavy (non-hydrogen) atoms. The topological polar surface area (TPSA) is 43.7 Å². The van der Waals surface area contributed by atoms with Gasteiger partial charge in [-0.05, 0) is 43.5 Å². The summed E-state index contributed by atoms with van der Waals surface area (Å²) in [4.78, 5) is 9.13. The first-order valence-electron chi connectivity index (χ1n) is 8.82. The average molecular weight is 445 g/mol. The molecule has 0 amide bonds. The van der Waals surface area contributed by atoms with Gasteiger partial charge in [-0.3, -0.25) is 4.98 Å². The summed E-state index contributed by atoms with van der Waals surface area (Å²) in [5, 5.41) is 4.19. The molecular formula is C20H17Cl2F3N2O2. The van der Waals surface area contributed by atoms with Crippen molar-refractivity contribution in [1.29, 1.82) is 0 Å². The third kappa shape index (κ3) is 5.87. The molecule has 9 heteroatoms. The maximum Gasteiger partial charge on any atom is 0.417 e. The molecule has 1 aromatic heterocycles. The SMILES string of the molecule is FC(F)(F)c1ccc(CO/N=C2\CCCc3c(OCC=C(Cl)Cl)cccc32)nc1. The Morgan fingerprint density at radius 1 is 1.17 bits per heavy atom. The van der Waals surface area contributed by atoms with Crippen molar-refractivity contribution >= 4 is 28.9 Å². The molecule has 0 saturated carbocycles. The minimum atomic E-state index is -4.41. The largest absolute Gasteiger partial charge is 0.489 e. The first kappa shape index (κ1) is 21.5. The Morgan fingerprint density at radius 3 is 2.69 bits per heavy atom. The number of benzene rings is 1. The maximum absolute atomic E-state index is 12.6. The number of nitrogens with zero attached hydrogens (tertiary/aromatic N) is 2. The van der Waals surface area contributed by atoms with Crippen LogP contribution in [0.4, 0.5) is 13.2 Å². The first-order valence-corrected chi connectivity index (χ1v) is 9.57. The van der Waals surface area contributed by atoms with Crippen LogP contribution in [0, 0.1) is 0 Å². The van der Waals surface area contributed by atoms with Gasteiger partial charge in [0.05, 0.1) is 17.0 Å². The fourth-order valence-electron chi connectivity index (χ4n) is 2.94. The van der Waals surface area contributed by atoms with Gasteiger partial charge in [0.2, 0.25) is 0 Å². The van der Waals surface area contributed by atoms with Crippen molar-refractivity contribution in [2.45, 2.75) is 32.0 Å². The molecule has 1 heterocycles. The minimum absolute atomic E-state index is 0.0216. The lowest BCUT2D eigenvalue weighted by atomic mass is 9.89. The van der Waals surface area contributed by atoms with Crippen molar-refractivity contribution in [3.8, 4) is 5.75 Å². The summed E-state index contributed by atoms with van der Waals surface area (Å²) in [6.45, 7) is 0.230. The average Bonchev–Trinajstić information content (AvgIpc) is 2.68. The lowest BCUT2D eigenvalue weighted by Crippen LogP contribution is -2.14. The highest BCUT2D eigenvalue weighted by molar-refractivity contribution is 6.55. The second kappa shape index (κ2) is 9.50. The normalized spacial score (nSPS) is 15.0. The molecule has 0 unspecified atom stereocenters. The molecule has 1 aliphatic carbocycles. The summed E-state index contributed by atoms with van der Waals surface area (Å²) in [6.07, 6.45) is 0.365. The summed E-state index contributed by atoms with van der Waals surface area (Å²) in [6, 6.07) is 7.91. The Balaban J connectivity index is 1.68. The summed E-state index contributed by atoms with van der Waals surface area (Å²) in [7, 11) is 0. The molecule has 0 radical (unpaired) electrons. The molecule has 3 rings (SSSR count). The third-order valence-electron chi connectivity index (χ3n) is 4.30. The molecule has 0 spiro atoms. The number of alkyl halides is 3. The second-order valence-corrected chi connectivity index (χ2v) is 7.30. The van der Waals surface area contributed by atoms with Crippen molar-refractivity contribution in [1.82, 2.24) is 4.98 Å². The lowest BCUT2D eigenvalue weighted by Gasteiger charge is -2.20. The number of oxime groups is 1. The fourth-order valence-corrected chi connectivity index (χ4v) is 3.07. The number of fused-ring (bicyclic) bond motifs is 1. The second-order valence-electron chi connectivity index (χ2n) is 6.29. The van der Waals surface area contributed by atoms with Crippen LogP contribution in [0.25, 0.3) is 0 Å². The number of hydrogen-bond donors (Lipinski definition) is 0. The van der Waals surface area contributed by atoms with Crippen molar-refractivity contribution in [2.75, 3.05) is 6.61 Å². The van der Waals surface area contributed by atoms with Crippen LogP contribution in [-0.2, 0) is 24.0 Å². The zero-order valence-electron chi connectivity index (χ0n) is 15.2. The summed E-state index contributed by atoms with van der Waals surface area (Å²) in [5.41, 5.74) is 2.27. The summed E-state index contributed by atoms with van der Waals surface area (Å²) in [5.74, 6) is 0.727. The predicted molar refractivity (Wildman–Crippen MR) is 105 cm³/mol. The molecule has 1 aliphatic rings. The highest BCUT2D eigenvalue weighted by Crippen LogP contribution is 2.31. The first-order chi connectivity index (χ1) is 13.8. The zero-order valence-corrected chi connectivity index (χ0v) is 16.7. The summed E-state index contributed by atoms with van der Waals surface area (Å²) >= 11 is 11.2. The smallest absolute Gasteiger partial charge is 0.417 e. The van der Waals surface area contributed by atoms with Gasteiger partial charge >= 0.3 is 6.18 Å². The minimum Gasteiger partial charge on any atom is -0.489 e. The fraction of sp³-hybridized carbons (Fsp3) is 0.300. The van der Waals surface area contributed by atoms with Crippen molar-refractivity contribution < 1.29 is 22.7 Å². The van der Waals surface area contributed by atoms with Crippen LogP contribution in [0.3, 0.4) is 0 Å². The van der Waals surface area contributed by atoms with Gasteiger partial charge in [-0.1, -0.05) is 40.5 Å². The van der Waals surface area contributed by atoms with E-state index in [4.69, 9.17) is 32.8 Å². The van der Waals surface area contributed by atoms with Gasteiger partial charge in [0.25, 0.3) is 0 Å². The molecular weight excluding hydrogens is 428 g/mol. The Hall–Kier alpha value is -2.25. The predicted octanol–water partition coefficient (Wildman–Crippen LogP) is 6.06. The van der Waals surface area contributed by atoms with Gasteiger partial charge in [-0.15, -0.1) is 0 Å². The standard InChI is InChI=1S/C20H17Cl2F3N2O2/c21-19(22)9-10-28-18-6-2-3-15-16(18)4-1-5-17(15)27-29-12-14-8-7-13(11-26-14)20(23,24)25/h2-3,6-9,11H,1,4-5,10,12H2/b27-17+. The van der Waals surface area contributed by atoms with Crippen molar-refractivity contribution in [3.63, 3.8) is 0 Å². The van der Waals surface area contributed by atoms with Crippen LogP contribution in [0.1, 0.15) is 35.2 Å². The van der Waals surface area contributed by atoms with Gasteiger partial charge in [0.15, 0.2) is 6.61 Å². The van der Waals surface area contributed by atoms with E-state index in [0.29, 0.717) is 5.69 Å². The number of halogens is 5. The van der Waals surface area contributed by atoms with Crippen LogP contribution < -0.4 is 4.74 Å². The number of hydrogen-bond acceptors (Lipinski definition) is 4. The van der Waals surface area contributed by atoms with Crippen LogP contribution in [0.5, 0.6) is 5.75 Å². The van der Waals surface area contributed by atoms with E-state index in [-0.39, 0.29) is 17.7 Å². The van der Waals surface area contributed by atoms with Gasteiger partial charge in [-0.2, -0.15) is 13.2 Å². The van der Waals surface area contributed by atoms with Gasteiger partial charge < -0.3 is 9.57 Å². The van der Waals surface area contributed by atoms with Gasteiger partial charge in [0, 0.05) is 17.3 Å². The monoisotopic (exact) mass is 444 g/mol. The molecule has 0 atom stereocenters. The van der Waals surface area contributed by atoms with E-state index in [0.717, 1.165) is 54.1 Å². The van der Waals surface area contributed by atoms with Crippen molar-refractivity contribution in [3.05, 3.63) is 69.5 Å². The Bertz CT molecular complexity index is 909. The number of ether oxygens (including phenoxy) is 1. The van der Waals surface area contributed by atoms with E-state index in [2.05, 4.69) is 10.1 Å². The van der Waals surface area contributed by atoms with Crippen LogP contribution in [0.15, 0.2) is 52.3 Å². The molecule has 0 bridgehead atoms.